The first kappa shape index (κ1) is 13.5. The Kier molecular flexibility index (Phi) is 4.96. The van der Waals surface area contributed by atoms with Gasteiger partial charge in [-0.2, -0.15) is 11.3 Å². The highest BCUT2D eigenvalue weighted by Gasteiger charge is 2.17. The summed E-state index contributed by atoms with van der Waals surface area (Å²) < 4.78 is 0. The normalized spacial score (nSPS) is 10.3. The average Bonchev–Trinajstić information content (AvgIpc) is 2.67. The highest BCUT2D eigenvalue weighted by atomic mass is 32.1. The van der Waals surface area contributed by atoms with Crippen LogP contribution in [0.2, 0.25) is 0 Å². The second kappa shape index (κ2) is 6.24. The topological polar surface area (TPSA) is 69.6 Å². The minimum absolute atomic E-state index is 0.225. The van der Waals surface area contributed by atoms with Gasteiger partial charge < -0.3 is 15.3 Å². The number of carboxylic acids is 1. The average molecular weight is 256 g/mol. The number of aliphatic carboxylic acids is 1. The molecule has 0 unspecified atom stereocenters. The van der Waals surface area contributed by atoms with Crippen LogP contribution >= 0.6 is 11.3 Å². The number of carbonyl (C=O) groups is 2. The first-order valence-corrected chi connectivity index (χ1v) is 6.23. The molecule has 0 saturated heterocycles. The Labute approximate surface area is 104 Å². The van der Waals surface area contributed by atoms with Gasteiger partial charge in [0.1, 0.15) is 6.54 Å². The lowest BCUT2D eigenvalue weighted by Gasteiger charge is -2.22. The lowest BCUT2D eigenvalue weighted by Crippen LogP contribution is -2.40. The summed E-state index contributed by atoms with van der Waals surface area (Å²) in [5, 5.41) is 15.1. The Bertz CT molecular complexity index is 376. The molecule has 0 fully saturated rings. The van der Waals surface area contributed by atoms with Gasteiger partial charge in [0.15, 0.2) is 0 Å². The van der Waals surface area contributed by atoms with E-state index in [0.717, 1.165) is 0 Å². The molecule has 1 rings (SSSR count). The highest BCUT2D eigenvalue weighted by Crippen LogP contribution is 2.13. The third-order valence-electron chi connectivity index (χ3n) is 1.97. The number of hydrogen-bond acceptors (Lipinski definition) is 3. The van der Waals surface area contributed by atoms with Gasteiger partial charge in [0.05, 0.1) is 5.69 Å². The van der Waals surface area contributed by atoms with Crippen LogP contribution in [0.4, 0.5) is 10.5 Å². The predicted octanol–water partition coefficient (Wildman–Crippen LogP) is 2.32. The number of carbonyl (C=O) groups excluding carboxylic acids is 1. The number of anilines is 1. The van der Waals surface area contributed by atoms with E-state index < -0.39 is 5.97 Å². The van der Waals surface area contributed by atoms with Crippen molar-refractivity contribution in [1.82, 2.24) is 4.90 Å². The Morgan fingerprint density at radius 1 is 1.53 bits per heavy atom. The minimum atomic E-state index is -1.01. The molecule has 0 radical (unpaired) electrons. The number of rotatable bonds is 5. The number of thiophene rings is 1. The van der Waals surface area contributed by atoms with Crippen molar-refractivity contribution < 1.29 is 14.7 Å². The number of carboxylic acid groups (broad SMARTS) is 1. The van der Waals surface area contributed by atoms with Crippen molar-refractivity contribution in [3.05, 3.63) is 16.8 Å². The summed E-state index contributed by atoms with van der Waals surface area (Å²) in [7, 11) is 0. The molecule has 0 atom stereocenters. The van der Waals surface area contributed by atoms with Crippen LogP contribution in [0, 0.1) is 5.92 Å². The van der Waals surface area contributed by atoms with E-state index in [2.05, 4.69) is 5.32 Å². The molecule has 2 N–H and O–H groups in total. The smallest absolute Gasteiger partial charge is 0.323 e. The van der Waals surface area contributed by atoms with Crippen LogP contribution in [0.3, 0.4) is 0 Å². The van der Waals surface area contributed by atoms with Gasteiger partial charge in [-0.1, -0.05) is 13.8 Å². The molecule has 0 aromatic carbocycles. The van der Waals surface area contributed by atoms with Crippen LogP contribution in [0.5, 0.6) is 0 Å². The fourth-order valence-corrected chi connectivity index (χ4v) is 1.95. The van der Waals surface area contributed by atoms with Crippen molar-refractivity contribution >= 4 is 29.0 Å². The third kappa shape index (κ3) is 4.86. The standard InChI is InChI=1S/C11H16N2O3S/c1-8(2)5-13(6-10(14)15)11(16)12-9-3-4-17-7-9/h3-4,7-8H,5-6H2,1-2H3,(H,12,16)(H,14,15). The number of urea groups is 1. The molecule has 0 bridgehead atoms. The minimum Gasteiger partial charge on any atom is -0.480 e. The van der Waals surface area contributed by atoms with E-state index in [4.69, 9.17) is 5.11 Å². The largest absolute Gasteiger partial charge is 0.480 e. The molecule has 17 heavy (non-hydrogen) atoms. The van der Waals surface area contributed by atoms with Crippen LogP contribution in [-0.2, 0) is 4.79 Å². The Hall–Kier alpha value is -1.56. The van der Waals surface area contributed by atoms with E-state index in [1.54, 1.807) is 11.4 Å². The number of nitrogens with zero attached hydrogens (tertiary/aromatic N) is 1. The van der Waals surface area contributed by atoms with E-state index in [1.807, 2.05) is 19.2 Å². The van der Waals surface area contributed by atoms with Crippen molar-refractivity contribution in [2.24, 2.45) is 5.92 Å². The molecule has 6 heteroatoms. The Balaban J connectivity index is 2.61. The lowest BCUT2D eigenvalue weighted by molar-refractivity contribution is -0.137. The van der Waals surface area contributed by atoms with Crippen LogP contribution in [0.25, 0.3) is 0 Å². The second-order valence-corrected chi connectivity index (χ2v) is 4.89. The Morgan fingerprint density at radius 2 is 2.24 bits per heavy atom. The molecule has 0 aliphatic carbocycles. The number of hydrogen-bond donors (Lipinski definition) is 2. The fraction of sp³-hybridized carbons (Fsp3) is 0.455. The van der Waals surface area contributed by atoms with Gasteiger partial charge in [0.2, 0.25) is 0 Å². The molecule has 5 nitrogen and oxygen atoms in total. The molecule has 0 aliphatic heterocycles. The van der Waals surface area contributed by atoms with Crippen molar-refractivity contribution in [3.63, 3.8) is 0 Å². The summed E-state index contributed by atoms with van der Waals surface area (Å²) >= 11 is 1.47. The van der Waals surface area contributed by atoms with Gasteiger partial charge >= 0.3 is 12.0 Å². The van der Waals surface area contributed by atoms with Gasteiger partial charge in [0, 0.05) is 11.9 Å². The van der Waals surface area contributed by atoms with Crippen LogP contribution in [-0.4, -0.2) is 35.1 Å². The monoisotopic (exact) mass is 256 g/mol. The molecule has 1 heterocycles. The summed E-state index contributed by atoms with van der Waals surface area (Å²) in [6.45, 7) is 4.01. The summed E-state index contributed by atoms with van der Waals surface area (Å²) in [5.74, 6) is -0.784. The van der Waals surface area contributed by atoms with Crippen LogP contribution in [0.15, 0.2) is 16.8 Å². The highest BCUT2D eigenvalue weighted by molar-refractivity contribution is 7.08. The second-order valence-electron chi connectivity index (χ2n) is 4.11. The third-order valence-corrected chi connectivity index (χ3v) is 2.65. The summed E-state index contributed by atoms with van der Waals surface area (Å²) in [6, 6.07) is 1.40. The maximum absolute atomic E-state index is 11.8. The molecular formula is C11H16N2O3S. The lowest BCUT2D eigenvalue weighted by atomic mass is 10.2. The maximum atomic E-state index is 11.8. The van der Waals surface area contributed by atoms with E-state index in [9.17, 15) is 9.59 Å². The first-order chi connectivity index (χ1) is 7.99. The van der Waals surface area contributed by atoms with Crippen LogP contribution in [0.1, 0.15) is 13.8 Å². The van der Waals surface area contributed by atoms with Crippen molar-refractivity contribution in [2.75, 3.05) is 18.4 Å². The molecule has 0 spiro atoms. The first-order valence-electron chi connectivity index (χ1n) is 5.29. The van der Waals surface area contributed by atoms with Crippen molar-refractivity contribution in [1.29, 1.82) is 0 Å². The molecular weight excluding hydrogens is 240 g/mol. The summed E-state index contributed by atoms with van der Waals surface area (Å²) in [5.41, 5.74) is 0.694. The molecule has 0 saturated carbocycles. The fourth-order valence-electron chi connectivity index (χ4n) is 1.36. The zero-order chi connectivity index (χ0) is 12.8. The van der Waals surface area contributed by atoms with Crippen molar-refractivity contribution in [2.45, 2.75) is 13.8 Å². The zero-order valence-electron chi connectivity index (χ0n) is 9.84. The number of amides is 2. The van der Waals surface area contributed by atoms with Gasteiger partial charge in [0.25, 0.3) is 0 Å². The van der Waals surface area contributed by atoms with Gasteiger partial charge in [-0.05, 0) is 17.4 Å². The van der Waals surface area contributed by atoms with E-state index in [-0.39, 0.29) is 18.5 Å². The van der Waals surface area contributed by atoms with Gasteiger partial charge in [-0.25, -0.2) is 4.79 Å². The van der Waals surface area contributed by atoms with Crippen molar-refractivity contribution in [3.8, 4) is 0 Å². The molecule has 0 aliphatic rings. The molecule has 1 aromatic rings. The summed E-state index contributed by atoms with van der Waals surface area (Å²) in [6.07, 6.45) is 0. The van der Waals surface area contributed by atoms with Crippen LogP contribution < -0.4 is 5.32 Å². The molecule has 1 aromatic heterocycles. The van der Waals surface area contributed by atoms with E-state index in [0.29, 0.717) is 12.2 Å². The molecule has 2 amide bonds. The Morgan fingerprint density at radius 3 is 2.71 bits per heavy atom. The van der Waals surface area contributed by atoms with Gasteiger partial charge in [-0.3, -0.25) is 4.79 Å². The molecule has 94 valence electrons. The van der Waals surface area contributed by atoms with E-state index >= 15 is 0 Å². The SMILES string of the molecule is CC(C)CN(CC(=O)O)C(=O)Nc1ccsc1. The summed E-state index contributed by atoms with van der Waals surface area (Å²) in [4.78, 5) is 23.8. The predicted molar refractivity (Wildman–Crippen MR) is 67.4 cm³/mol. The zero-order valence-corrected chi connectivity index (χ0v) is 10.7. The quantitative estimate of drug-likeness (QED) is 0.849. The number of nitrogens with one attached hydrogen (secondary N) is 1. The van der Waals surface area contributed by atoms with E-state index in [1.165, 1.54) is 16.2 Å². The maximum Gasteiger partial charge on any atom is 0.323 e. The van der Waals surface area contributed by atoms with Gasteiger partial charge in [-0.15, -0.1) is 0 Å².